The molecule has 122 valence electrons. The average Bonchev–Trinajstić information content (AvgIpc) is 2.81. The maximum atomic E-state index is 13.0. The number of nitriles is 1. The van der Waals surface area contributed by atoms with E-state index in [1.807, 2.05) is 12.1 Å². The van der Waals surface area contributed by atoms with Gasteiger partial charge in [0.1, 0.15) is 22.8 Å². The van der Waals surface area contributed by atoms with Crippen LogP contribution in [0.3, 0.4) is 0 Å². The lowest BCUT2D eigenvalue weighted by Crippen LogP contribution is -2.44. The van der Waals surface area contributed by atoms with Crippen molar-refractivity contribution < 1.29 is 19.1 Å². The van der Waals surface area contributed by atoms with Gasteiger partial charge in [-0.25, -0.2) is 4.79 Å². The minimum atomic E-state index is -1.55. The first-order chi connectivity index (χ1) is 11.5. The van der Waals surface area contributed by atoms with Crippen LogP contribution in [0.15, 0.2) is 47.1 Å². The highest BCUT2D eigenvalue weighted by Gasteiger charge is 2.58. The van der Waals surface area contributed by atoms with Crippen LogP contribution in [0.1, 0.15) is 25.0 Å². The fourth-order valence-electron chi connectivity index (χ4n) is 3.52. The zero-order valence-corrected chi connectivity index (χ0v) is 13.4. The van der Waals surface area contributed by atoms with Crippen LogP contribution in [0.5, 0.6) is 0 Å². The Morgan fingerprint density at radius 2 is 2.17 bits per heavy atom. The number of benzene rings is 1. The number of carbonyl (C=O) groups is 2. The quantitative estimate of drug-likeness (QED) is 0.829. The Hall–Kier alpha value is -3.07. The van der Waals surface area contributed by atoms with Crippen molar-refractivity contribution in [1.29, 1.82) is 5.26 Å². The van der Waals surface area contributed by atoms with Gasteiger partial charge in [0.05, 0.1) is 12.2 Å². The van der Waals surface area contributed by atoms with Crippen LogP contribution in [0.4, 0.5) is 0 Å². The van der Waals surface area contributed by atoms with E-state index in [2.05, 4.69) is 0 Å². The Bertz CT molecular complexity index is 860. The van der Waals surface area contributed by atoms with Gasteiger partial charge in [-0.2, -0.15) is 5.26 Å². The Balaban J connectivity index is 2.39. The first-order valence-electron chi connectivity index (χ1n) is 7.56. The number of ether oxygens (including phenoxy) is 2. The number of nitrogens with zero attached hydrogens (tertiary/aromatic N) is 1. The van der Waals surface area contributed by atoms with Gasteiger partial charge in [0.15, 0.2) is 5.78 Å². The highest BCUT2D eigenvalue weighted by Crippen LogP contribution is 2.51. The van der Waals surface area contributed by atoms with Crippen LogP contribution in [0.25, 0.3) is 0 Å². The molecular weight excluding hydrogens is 308 g/mol. The number of nitrogens with two attached hydrogens (primary N) is 1. The van der Waals surface area contributed by atoms with E-state index in [1.54, 1.807) is 32.0 Å². The lowest BCUT2D eigenvalue weighted by atomic mass is 9.67. The first-order valence-corrected chi connectivity index (χ1v) is 7.56. The molecule has 0 bridgehead atoms. The number of hydrogen-bond acceptors (Lipinski definition) is 6. The third kappa shape index (κ3) is 1.88. The molecule has 0 radical (unpaired) electrons. The SMILES string of the molecule is CCOC(=O)C1=C(C)OC(N)=C(C#N)C12C(=O)Cc1ccccc12. The van der Waals surface area contributed by atoms with Crippen LogP contribution >= 0.6 is 0 Å². The second-order valence-electron chi connectivity index (χ2n) is 5.61. The van der Waals surface area contributed by atoms with Crippen LogP contribution in [-0.4, -0.2) is 18.4 Å². The molecule has 2 N–H and O–H groups in total. The van der Waals surface area contributed by atoms with Crippen molar-refractivity contribution in [2.75, 3.05) is 6.61 Å². The van der Waals surface area contributed by atoms with Crippen molar-refractivity contribution in [1.82, 2.24) is 0 Å². The smallest absolute Gasteiger partial charge is 0.339 e. The Labute approximate surface area is 139 Å². The standard InChI is InChI=1S/C18H16N2O4/c1-3-23-17(22)15-10(2)24-16(20)13(9-19)18(15)12-7-5-4-6-11(12)8-14(18)21/h4-7H,3,8,20H2,1-2H3. The fourth-order valence-corrected chi connectivity index (χ4v) is 3.52. The molecule has 24 heavy (non-hydrogen) atoms. The lowest BCUT2D eigenvalue weighted by Gasteiger charge is -2.34. The summed E-state index contributed by atoms with van der Waals surface area (Å²) in [5, 5.41) is 9.65. The molecule has 1 aromatic carbocycles. The van der Waals surface area contributed by atoms with E-state index in [0.29, 0.717) is 5.56 Å². The molecule has 0 saturated carbocycles. The zero-order chi connectivity index (χ0) is 17.5. The maximum Gasteiger partial charge on any atom is 0.339 e. The molecule has 1 heterocycles. The van der Waals surface area contributed by atoms with Crippen molar-refractivity contribution in [3.05, 3.63) is 58.2 Å². The van der Waals surface area contributed by atoms with E-state index < -0.39 is 11.4 Å². The number of hydrogen-bond donors (Lipinski definition) is 1. The number of fused-ring (bicyclic) bond motifs is 2. The summed E-state index contributed by atoms with van der Waals surface area (Å²) in [5.41, 5.74) is 5.65. The molecule has 2 aliphatic rings. The number of Topliss-reactive ketones (excluding diaryl/α,β-unsaturated/α-hetero) is 1. The lowest BCUT2D eigenvalue weighted by molar-refractivity contribution is -0.141. The van der Waals surface area contributed by atoms with Gasteiger partial charge in [-0.1, -0.05) is 24.3 Å². The monoisotopic (exact) mass is 324 g/mol. The van der Waals surface area contributed by atoms with Gasteiger partial charge in [0, 0.05) is 6.42 Å². The zero-order valence-electron chi connectivity index (χ0n) is 13.4. The van der Waals surface area contributed by atoms with Crippen LogP contribution < -0.4 is 5.73 Å². The van der Waals surface area contributed by atoms with Gasteiger partial charge in [-0.3, -0.25) is 4.79 Å². The van der Waals surface area contributed by atoms with E-state index in [0.717, 1.165) is 5.56 Å². The highest BCUT2D eigenvalue weighted by molar-refractivity contribution is 6.12. The normalized spacial score (nSPS) is 22.3. The summed E-state index contributed by atoms with van der Waals surface area (Å²) in [6.45, 7) is 3.36. The Morgan fingerprint density at radius 3 is 2.83 bits per heavy atom. The van der Waals surface area contributed by atoms with E-state index in [4.69, 9.17) is 15.2 Å². The molecule has 1 spiro atoms. The molecule has 3 rings (SSSR count). The van der Waals surface area contributed by atoms with Crippen molar-refractivity contribution >= 4 is 11.8 Å². The van der Waals surface area contributed by atoms with Crippen LogP contribution in [0, 0.1) is 11.3 Å². The molecule has 1 aromatic rings. The summed E-state index contributed by atoms with van der Waals surface area (Å²) >= 11 is 0. The van der Waals surface area contributed by atoms with E-state index in [9.17, 15) is 14.9 Å². The maximum absolute atomic E-state index is 13.0. The van der Waals surface area contributed by atoms with Gasteiger partial charge in [-0.15, -0.1) is 0 Å². The summed E-state index contributed by atoms with van der Waals surface area (Å²) in [5.74, 6) is -0.947. The number of carbonyl (C=O) groups excluding carboxylic acids is 2. The predicted octanol–water partition coefficient (Wildman–Crippen LogP) is 1.61. The van der Waals surface area contributed by atoms with Crippen LogP contribution in [-0.2, 0) is 30.9 Å². The molecule has 0 fully saturated rings. The molecule has 1 aliphatic carbocycles. The third-order valence-corrected chi connectivity index (χ3v) is 4.39. The summed E-state index contributed by atoms with van der Waals surface area (Å²) in [7, 11) is 0. The molecule has 0 aromatic heterocycles. The van der Waals surface area contributed by atoms with E-state index >= 15 is 0 Å². The third-order valence-electron chi connectivity index (χ3n) is 4.39. The van der Waals surface area contributed by atoms with Gasteiger partial charge in [0.2, 0.25) is 5.88 Å². The fraction of sp³-hybridized carbons (Fsp3) is 0.278. The molecule has 1 aliphatic heterocycles. The minimum Gasteiger partial charge on any atom is -0.462 e. The van der Waals surface area contributed by atoms with Gasteiger partial charge in [0.25, 0.3) is 0 Å². The largest absolute Gasteiger partial charge is 0.462 e. The summed E-state index contributed by atoms with van der Waals surface area (Å²) in [6, 6.07) is 9.09. The Kier molecular flexibility index (Phi) is 3.64. The molecule has 1 unspecified atom stereocenters. The topological polar surface area (TPSA) is 102 Å². The highest BCUT2D eigenvalue weighted by atomic mass is 16.5. The number of esters is 1. The molecule has 0 saturated heterocycles. The predicted molar refractivity (Wildman–Crippen MR) is 84.1 cm³/mol. The number of ketones is 1. The molecular formula is C18H16N2O4. The van der Waals surface area contributed by atoms with Crippen LogP contribution in [0.2, 0.25) is 0 Å². The molecule has 1 atom stereocenters. The summed E-state index contributed by atoms with van der Waals surface area (Å²) in [4.78, 5) is 25.7. The molecule has 6 nitrogen and oxygen atoms in total. The summed E-state index contributed by atoms with van der Waals surface area (Å²) < 4.78 is 10.5. The second-order valence-corrected chi connectivity index (χ2v) is 5.61. The summed E-state index contributed by atoms with van der Waals surface area (Å²) in [6.07, 6.45) is 0.116. The number of rotatable bonds is 2. The second kappa shape index (κ2) is 5.53. The van der Waals surface area contributed by atoms with Gasteiger partial charge < -0.3 is 15.2 Å². The van der Waals surface area contributed by atoms with E-state index in [1.165, 1.54) is 0 Å². The van der Waals surface area contributed by atoms with E-state index in [-0.39, 0.29) is 41.6 Å². The van der Waals surface area contributed by atoms with Crippen molar-refractivity contribution in [3.8, 4) is 6.07 Å². The first kappa shape index (κ1) is 15.8. The average molecular weight is 324 g/mol. The number of allylic oxidation sites excluding steroid dienone is 2. The minimum absolute atomic E-state index is 0.0325. The molecule has 6 heteroatoms. The van der Waals surface area contributed by atoms with Crippen molar-refractivity contribution in [2.24, 2.45) is 5.73 Å². The van der Waals surface area contributed by atoms with Crippen molar-refractivity contribution in [2.45, 2.75) is 25.7 Å². The van der Waals surface area contributed by atoms with Gasteiger partial charge in [-0.05, 0) is 25.0 Å². The Morgan fingerprint density at radius 1 is 1.46 bits per heavy atom. The van der Waals surface area contributed by atoms with Gasteiger partial charge >= 0.3 is 5.97 Å². The van der Waals surface area contributed by atoms with Crippen molar-refractivity contribution in [3.63, 3.8) is 0 Å². The molecule has 0 amide bonds.